The Kier molecular flexibility index (Phi) is 4.87. The van der Waals surface area contributed by atoms with E-state index in [2.05, 4.69) is 10.3 Å². The molecule has 2 heterocycles. The number of carbonyl (C=O) groups excluding carboxylic acids is 1. The first-order chi connectivity index (χ1) is 11.5. The van der Waals surface area contributed by atoms with Crippen molar-refractivity contribution in [3.63, 3.8) is 0 Å². The Labute approximate surface area is 148 Å². The fourth-order valence-corrected chi connectivity index (χ4v) is 2.94. The maximum atomic E-state index is 12.6. The van der Waals surface area contributed by atoms with Crippen LogP contribution in [-0.4, -0.2) is 17.0 Å². The Morgan fingerprint density at radius 3 is 2.92 bits per heavy atom. The van der Waals surface area contributed by atoms with Gasteiger partial charge in [-0.1, -0.05) is 11.6 Å². The Balaban J connectivity index is 1.81. The number of hydrogen-bond acceptors (Lipinski definition) is 5. The predicted molar refractivity (Wildman–Crippen MR) is 95.0 cm³/mol. The van der Waals surface area contributed by atoms with Gasteiger partial charge in [-0.2, -0.15) is 0 Å². The molecule has 3 rings (SSSR count). The number of furan rings is 1. The van der Waals surface area contributed by atoms with Gasteiger partial charge in [-0.3, -0.25) is 10.1 Å². The van der Waals surface area contributed by atoms with Crippen LogP contribution in [0.15, 0.2) is 46.4 Å². The van der Waals surface area contributed by atoms with Crippen molar-refractivity contribution in [2.75, 3.05) is 5.32 Å². The third kappa shape index (κ3) is 3.77. The van der Waals surface area contributed by atoms with Gasteiger partial charge in [0.2, 0.25) is 0 Å². The highest BCUT2D eigenvalue weighted by Gasteiger charge is 2.16. The Morgan fingerprint density at radius 1 is 1.38 bits per heavy atom. The van der Waals surface area contributed by atoms with Crippen molar-refractivity contribution in [3.8, 4) is 17.2 Å². The van der Waals surface area contributed by atoms with Crippen LogP contribution in [0.2, 0.25) is 5.02 Å². The summed E-state index contributed by atoms with van der Waals surface area (Å²) in [6, 6.07) is 8.55. The van der Waals surface area contributed by atoms with E-state index in [9.17, 15) is 4.79 Å². The van der Waals surface area contributed by atoms with Crippen LogP contribution in [0.3, 0.4) is 0 Å². The molecule has 0 radical (unpaired) electrons. The van der Waals surface area contributed by atoms with Gasteiger partial charge in [0.05, 0.1) is 17.9 Å². The molecule has 0 spiro atoms. The third-order valence-electron chi connectivity index (χ3n) is 3.05. The molecule has 0 saturated heterocycles. The van der Waals surface area contributed by atoms with Crippen LogP contribution < -0.4 is 10.1 Å². The molecular weight excluding hydrogens is 348 g/mol. The number of nitrogens with zero attached hydrogens (tertiary/aromatic N) is 1. The molecule has 5 nitrogen and oxygen atoms in total. The maximum Gasteiger partial charge on any atom is 0.261 e. The minimum atomic E-state index is -0.325. The van der Waals surface area contributed by atoms with Gasteiger partial charge >= 0.3 is 0 Å². The molecular formula is C17H15ClN2O3S. The molecule has 1 N–H and O–H groups in total. The summed E-state index contributed by atoms with van der Waals surface area (Å²) >= 11 is 7.33. The first kappa shape index (κ1) is 16.5. The fourth-order valence-electron chi connectivity index (χ4n) is 2.07. The highest BCUT2D eigenvalue weighted by molar-refractivity contribution is 7.14. The summed E-state index contributed by atoms with van der Waals surface area (Å²) in [4.78, 5) is 16.9. The van der Waals surface area contributed by atoms with E-state index in [4.69, 9.17) is 20.8 Å². The van der Waals surface area contributed by atoms with E-state index in [-0.39, 0.29) is 12.0 Å². The van der Waals surface area contributed by atoms with Crippen molar-refractivity contribution in [2.45, 2.75) is 20.0 Å². The second-order valence-corrected chi connectivity index (χ2v) is 6.57. The van der Waals surface area contributed by atoms with Gasteiger partial charge in [-0.15, -0.1) is 11.3 Å². The predicted octanol–water partition coefficient (Wildman–Crippen LogP) is 5.10. The van der Waals surface area contributed by atoms with Crippen molar-refractivity contribution in [1.82, 2.24) is 4.98 Å². The van der Waals surface area contributed by atoms with Crippen LogP contribution in [0, 0.1) is 0 Å². The number of ether oxygens (including phenoxy) is 1. The highest BCUT2D eigenvalue weighted by Crippen LogP contribution is 2.28. The average molecular weight is 363 g/mol. The summed E-state index contributed by atoms with van der Waals surface area (Å²) < 4.78 is 11.0. The number of carbonyl (C=O) groups is 1. The van der Waals surface area contributed by atoms with E-state index in [1.54, 1.807) is 30.5 Å². The molecule has 1 aromatic carbocycles. The largest absolute Gasteiger partial charge is 0.490 e. The van der Waals surface area contributed by atoms with E-state index >= 15 is 0 Å². The first-order valence-corrected chi connectivity index (χ1v) is 8.55. The lowest BCUT2D eigenvalue weighted by atomic mass is 10.2. The van der Waals surface area contributed by atoms with Gasteiger partial charge in [0.1, 0.15) is 11.4 Å². The Bertz CT molecular complexity index is 843. The number of thiazole rings is 1. The minimum absolute atomic E-state index is 0.0526. The molecule has 24 heavy (non-hydrogen) atoms. The zero-order valence-corrected chi connectivity index (χ0v) is 14.6. The second kappa shape index (κ2) is 7.07. The minimum Gasteiger partial charge on any atom is -0.490 e. The van der Waals surface area contributed by atoms with Crippen LogP contribution in [-0.2, 0) is 0 Å². The van der Waals surface area contributed by atoms with E-state index in [0.717, 1.165) is 0 Å². The molecule has 0 bridgehead atoms. The standard InChI is InChI=1S/C17H15ClN2O3S/c1-10(2)23-14-6-5-11(18)8-12(14)16(21)20-17-19-13(9-24-17)15-4-3-7-22-15/h3-10H,1-2H3,(H,19,20,21). The van der Waals surface area contributed by atoms with Gasteiger partial charge in [0, 0.05) is 10.4 Å². The summed E-state index contributed by atoms with van der Waals surface area (Å²) in [7, 11) is 0. The van der Waals surface area contributed by atoms with Gasteiger partial charge in [-0.25, -0.2) is 4.98 Å². The number of halogens is 1. The smallest absolute Gasteiger partial charge is 0.261 e. The van der Waals surface area contributed by atoms with Crippen molar-refractivity contribution in [1.29, 1.82) is 0 Å². The van der Waals surface area contributed by atoms with Gasteiger partial charge in [-0.05, 0) is 44.2 Å². The van der Waals surface area contributed by atoms with E-state index in [1.807, 2.05) is 25.3 Å². The number of anilines is 1. The van der Waals surface area contributed by atoms with Crippen molar-refractivity contribution >= 4 is 34.0 Å². The van der Waals surface area contributed by atoms with Crippen molar-refractivity contribution < 1.29 is 13.9 Å². The molecule has 124 valence electrons. The number of rotatable bonds is 5. The molecule has 1 amide bonds. The average Bonchev–Trinajstić information content (AvgIpc) is 3.19. The zero-order valence-electron chi connectivity index (χ0n) is 13.1. The normalized spacial score (nSPS) is 10.8. The van der Waals surface area contributed by atoms with Crippen LogP contribution >= 0.6 is 22.9 Å². The molecule has 0 aliphatic rings. The number of nitrogens with one attached hydrogen (secondary N) is 1. The van der Waals surface area contributed by atoms with E-state index in [1.165, 1.54) is 11.3 Å². The Morgan fingerprint density at radius 2 is 2.21 bits per heavy atom. The summed E-state index contributed by atoms with van der Waals surface area (Å²) in [5.41, 5.74) is 1.04. The SMILES string of the molecule is CC(C)Oc1ccc(Cl)cc1C(=O)Nc1nc(-c2ccco2)cs1. The lowest BCUT2D eigenvalue weighted by Crippen LogP contribution is -2.15. The molecule has 0 fully saturated rings. The summed E-state index contributed by atoms with van der Waals surface area (Å²) in [5.74, 6) is 0.807. The fraction of sp³-hybridized carbons (Fsp3) is 0.176. The molecule has 0 atom stereocenters. The molecule has 7 heteroatoms. The molecule has 0 unspecified atom stereocenters. The quantitative estimate of drug-likeness (QED) is 0.686. The first-order valence-electron chi connectivity index (χ1n) is 7.30. The highest BCUT2D eigenvalue weighted by atomic mass is 35.5. The number of hydrogen-bond donors (Lipinski definition) is 1. The molecule has 2 aromatic heterocycles. The van der Waals surface area contributed by atoms with Crippen molar-refractivity contribution in [2.24, 2.45) is 0 Å². The number of aromatic nitrogens is 1. The van der Waals surface area contributed by atoms with E-state index in [0.29, 0.717) is 32.9 Å². The summed E-state index contributed by atoms with van der Waals surface area (Å²) in [6.07, 6.45) is 1.53. The van der Waals surface area contributed by atoms with E-state index < -0.39 is 0 Å². The lowest BCUT2D eigenvalue weighted by molar-refractivity contribution is 0.102. The van der Waals surface area contributed by atoms with Crippen LogP contribution in [0.1, 0.15) is 24.2 Å². The lowest BCUT2D eigenvalue weighted by Gasteiger charge is -2.14. The monoisotopic (exact) mass is 362 g/mol. The van der Waals surface area contributed by atoms with Gasteiger partial charge < -0.3 is 9.15 Å². The van der Waals surface area contributed by atoms with Gasteiger partial charge in [0.15, 0.2) is 10.9 Å². The number of benzene rings is 1. The topological polar surface area (TPSA) is 64.4 Å². The summed E-state index contributed by atoms with van der Waals surface area (Å²) in [5, 5.41) is 5.53. The zero-order chi connectivity index (χ0) is 17.1. The maximum absolute atomic E-state index is 12.6. The third-order valence-corrected chi connectivity index (χ3v) is 4.04. The van der Waals surface area contributed by atoms with Gasteiger partial charge in [0.25, 0.3) is 5.91 Å². The molecule has 0 aliphatic heterocycles. The summed E-state index contributed by atoms with van der Waals surface area (Å²) in [6.45, 7) is 3.79. The van der Waals surface area contributed by atoms with Crippen LogP contribution in [0.4, 0.5) is 5.13 Å². The van der Waals surface area contributed by atoms with Crippen LogP contribution in [0.25, 0.3) is 11.5 Å². The molecule has 0 aliphatic carbocycles. The Hall–Kier alpha value is -2.31. The number of amides is 1. The molecule has 3 aromatic rings. The van der Waals surface area contributed by atoms with Crippen LogP contribution in [0.5, 0.6) is 5.75 Å². The van der Waals surface area contributed by atoms with Crippen molar-refractivity contribution in [3.05, 3.63) is 52.6 Å². The second-order valence-electron chi connectivity index (χ2n) is 5.28. The molecule has 0 saturated carbocycles.